The Morgan fingerprint density at radius 3 is 2.83 bits per heavy atom. The molecule has 1 nitrogen and oxygen atoms in total. The maximum absolute atomic E-state index is 5.75. The lowest BCUT2D eigenvalue weighted by atomic mass is 9.92. The lowest BCUT2D eigenvalue weighted by Crippen LogP contribution is -2.22. The van der Waals surface area contributed by atoms with E-state index in [0.717, 1.165) is 6.61 Å². The Balaban J connectivity index is 1.92. The van der Waals surface area contributed by atoms with Crippen LogP contribution in [-0.4, -0.2) is 12.7 Å². The van der Waals surface area contributed by atoms with Crippen molar-refractivity contribution in [1.29, 1.82) is 0 Å². The van der Waals surface area contributed by atoms with Gasteiger partial charge in [-0.15, -0.1) is 0 Å². The lowest BCUT2D eigenvalue weighted by Gasteiger charge is -2.27. The quantitative estimate of drug-likeness (QED) is 0.544. The van der Waals surface area contributed by atoms with Gasteiger partial charge in [-0.1, -0.05) is 6.08 Å². The number of allylic oxidation sites excluding steroid dienone is 1. The molecule has 2 aliphatic rings. The molecule has 68 valence electrons. The van der Waals surface area contributed by atoms with Crippen LogP contribution in [0.2, 0.25) is 0 Å². The number of hydrogen-bond donors (Lipinski definition) is 0. The van der Waals surface area contributed by atoms with Crippen LogP contribution < -0.4 is 0 Å². The highest BCUT2D eigenvalue weighted by atomic mass is 16.5. The summed E-state index contributed by atoms with van der Waals surface area (Å²) in [4.78, 5) is 0. The summed E-state index contributed by atoms with van der Waals surface area (Å²) in [7, 11) is 0. The van der Waals surface area contributed by atoms with Crippen LogP contribution in [0.5, 0.6) is 0 Å². The first-order valence-corrected chi connectivity index (χ1v) is 5.27. The first-order valence-electron chi connectivity index (χ1n) is 5.27. The Morgan fingerprint density at radius 2 is 2.17 bits per heavy atom. The molecule has 0 amide bonds. The fraction of sp³-hybridized carbons (Fsp3) is 0.818. The van der Waals surface area contributed by atoms with E-state index < -0.39 is 0 Å². The molecule has 0 aromatic carbocycles. The van der Waals surface area contributed by atoms with Gasteiger partial charge < -0.3 is 4.74 Å². The van der Waals surface area contributed by atoms with Crippen molar-refractivity contribution in [3.05, 3.63) is 11.6 Å². The molecule has 0 N–H and O–H groups in total. The Kier molecular flexibility index (Phi) is 2.83. The average Bonchev–Trinajstić information content (AvgIpc) is 2.21. The lowest BCUT2D eigenvalue weighted by molar-refractivity contribution is 0.0364. The molecule has 1 unspecified atom stereocenters. The van der Waals surface area contributed by atoms with Crippen LogP contribution >= 0.6 is 0 Å². The zero-order chi connectivity index (χ0) is 8.23. The van der Waals surface area contributed by atoms with E-state index in [9.17, 15) is 0 Å². The van der Waals surface area contributed by atoms with Crippen LogP contribution in [0, 0.1) is 0 Å². The first-order chi connectivity index (χ1) is 5.97. The van der Waals surface area contributed by atoms with Crippen molar-refractivity contribution in [2.75, 3.05) is 6.61 Å². The second-order valence-electron chi connectivity index (χ2n) is 3.88. The van der Waals surface area contributed by atoms with Crippen molar-refractivity contribution >= 4 is 0 Å². The molecule has 0 spiro atoms. The van der Waals surface area contributed by atoms with Crippen molar-refractivity contribution in [2.45, 2.75) is 51.0 Å². The monoisotopic (exact) mass is 166 g/mol. The maximum Gasteiger partial charge on any atom is 0.0785 e. The normalized spacial score (nSPS) is 31.3. The van der Waals surface area contributed by atoms with Gasteiger partial charge in [0.2, 0.25) is 0 Å². The van der Waals surface area contributed by atoms with Gasteiger partial charge >= 0.3 is 0 Å². The third kappa shape index (κ3) is 1.89. The molecule has 0 bridgehead atoms. The van der Waals surface area contributed by atoms with Crippen molar-refractivity contribution in [3.8, 4) is 0 Å². The van der Waals surface area contributed by atoms with Gasteiger partial charge in [0.25, 0.3) is 0 Å². The van der Waals surface area contributed by atoms with Crippen molar-refractivity contribution in [3.63, 3.8) is 0 Å². The molecule has 0 radical (unpaired) electrons. The fourth-order valence-corrected chi connectivity index (χ4v) is 2.19. The van der Waals surface area contributed by atoms with Gasteiger partial charge in [-0.25, -0.2) is 0 Å². The molecule has 1 heterocycles. The van der Waals surface area contributed by atoms with E-state index in [0.29, 0.717) is 6.10 Å². The fourth-order valence-electron chi connectivity index (χ4n) is 2.19. The van der Waals surface area contributed by atoms with E-state index in [1.165, 1.54) is 44.9 Å². The second-order valence-corrected chi connectivity index (χ2v) is 3.88. The highest BCUT2D eigenvalue weighted by Gasteiger charge is 2.18. The van der Waals surface area contributed by atoms with Crippen molar-refractivity contribution in [2.24, 2.45) is 0 Å². The summed E-state index contributed by atoms with van der Waals surface area (Å²) < 4.78 is 5.75. The minimum atomic E-state index is 0.499. The molecule has 2 rings (SSSR count). The SMILES string of the molecule is C1=C(C2CCCCO2)CCCC1. The van der Waals surface area contributed by atoms with Gasteiger partial charge in [0.15, 0.2) is 0 Å². The Morgan fingerprint density at radius 1 is 1.17 bits per heavy atom. The highest BCUT2D eigenvalue weighted by Crippen LogP contribution is 2.27. The molecule has 1 aliphatic heterocycles. The Labute approximate surface area is 74.8 Å². The number of ether oxygens (including phenoxy) is 1. The van der Waals surface area contributed by atoms with Gasteiger partial charge in [-0.05, 0) is 50.5 Å². The Hall–Kier alpha value is -0.300. The van der Waals surface area contributed by atoms with Crippen LogP contribution in [0.3, 0.4) is 0 Å². The summed E-state index contributed by atoms with van der Waals surface area (Å²) in [5.41, 5.74) is 1.60. The molecule has 12 heavy (non-hydrogen) atoms. The van der Waals surface area contributed by atoms with E-state index in [-0.39, 0.29) is 0 Å². The van der Waals surface area contributed by atoms with E-state index >= 15 is 0 Å². The second kappa shape index (κ2) is 4.08. The topological polar surface area (TPSA) is 9.23 Å². The maximum atomic E-state index is 5.75. The predicted molar refractivity (Wildman–Crippen MR) is 50.1 cm³/mol. The summed E-state index contributed by atoms with van der Waals surface area (Å²) in [6, 6.07) is 0. The summed E-state index contributed by atoms with van der Waals surface area (Å²) >= 11 is 0. The average molecular weight is 166 g/mol. The summed E-state index contributed by atoms with van der Waals surface area (Å²) in [6.45, 7) is 0.988. The van der Waals surface area contributed by atoms with Gasteiger partial charge in [0.05, 0.1) is 6.10 Å². The zero-order valence-corrected chi connectivity index (χ0v) is 7.72. The van der Waals surface area contributed by atoms with E-state index in [2.05, 4.69) is 6.08 Å². The van der Waals surface area contributed by atoms with Crippen LogP contribution in [0.25, 0.3) is 0 Å². The molecule has 0 aromatic heterocycles. The van der Waals surface area contributed by atoms with Crippen LogP contribution in [0.15, 0.2) is 11.6 Å². The first kappa shape index (κ1) is 8.31. The molecule has 0 aromatic rings. The van der Waals surface area contributed by atoms with E-state index in [1.54, 1.807) is 5.57 Å². The van der Waals surface area contributed by atoms with Gasteiger partial charge in [0, 0.05) is 6.61 Å². The molecular formula is C11H18O. The number of rotatable bonds is 1. The molecule has 1 heteroatoms. The standard InChI is InChI=1S/C11H18O/c1-2-6-10(7-3-1)11-8-4-5-9-12-11/h6,11H,1-5,7-9H2. The van der Waals surface area contributed by atoms with Crippen molar-refractivity contribution < 1.29 is 4.74 Å². The highest BCUT2D eigenvalue weighted by molar-refractivity contribution is 5.11. The van der Waals surface area contributed by atoms with Crippen LogP contribution in [0.4, 0.5) is 0 Å². The van der Waals surface area contributed by atoms with E-state index in [4.69, 9.17) is 4.74 Å². The smallest absolute Gasteiger partial charge is 0.0785 e. The number of hydrogen-bond acceptors (Lipinski definition) is 1. The minimum absolute atomic E-state index is 0.499. The minimum Gasteiger partial charge on any atom is -0.374 e. The third-order valence-electron chi connectivity index (χ3n) is 2.92. The largest absolute Gasteiger partial charge is 0.374 e. The van der Waals surface area contributed by atoms with E-state index in [1.807, 2.05) is 0 Å². The van der Waals surface area contributed by atoms with Crippen LogP contribution in [-0.2, 0) is 4.74 Å². The van der Waals surface area contributed by atoms with Crippen molar-refractivity contribution in [1.82, 2.24) is 0 Å². The van der Waals surface area contributed by atoms with Gasteiger partial charge in [-0.2, -0.15) is 0 Å². The molecular weight excluding hydrogens is 148 g/mol. The molecule has 1 fully saturated rings. The van der Waals surface area contributed by atoms with Crippen LogP contribution in [0.1, 0.15) is 44.9 Å². The molecule has 1 aliphatic carbocycles. The Bertz CT molecular complexity index is 166. The summed E-state index contributed by atoms with van der Waals surface area (Å²) in [5.74, 6) is 0. The third-order valence-corrected chi connectivity index (χ3v) is 2.92. The van der Waals surface area contributed by atoms with Gasteiger partial charge in [-0.3, -0.25) is 0 Å². The zero-order valence-electron chi connectivity index (χ0n) is 7.72. The molecule has 0 saturated carbocycles. The van der Waals surface area contributed by atoms with Gasteiger partial charge in [0.1, 0.15) is 0 Å². The summed E-state index contributed by atoms with van der Waals surface area (Å²) in [6.07, 6.45) is 12.2. The predicted octanol–water partition coefficient (Wildman–Crippen LogP) is 3.06. The summed E-state index contributed by atoms with van der Waals surface area (Å²) in [5, 5.41) is 0. The molecule has 1 saturated heterocycles. The molecule has 1 atom stereocenters.